The maximum absolute atomic E-state index is 13.0. The lowest BCUT2D eigenvalue weighted by molar-refractivity contribution is -0.172. The molecule has 0 aliphatic carbocycles. The van der Waals surface area contributed by atoms with E-state index in [1.807, 2.05) is 48.5 Å². The second kappa shape index (κ2) is 11.9. The number of hydrogen-bond donors (Lipinski definition) is 2. The van der Waals surface area contributed by atoms with Gasteiger partial charge in [-0.1, -0.05) is 25.1 Å². The second-order valence-electron chi connectivity index (χ2n) is 12.6. The van der Waals surface area contributed by atoms with E-state index in [0.29, 0.717) is 63.2 Å². The SMILES string of the molecule is CCC1(O)C(=O)OCc2c1cc1n(c2=O)Cc2cc3ccccc3nc2-1.COc1ccc2c(c1)OC1(O)COc3cc(OC)c(OC)cc3C1=C2. The van der Waals surface area contributed by atoms with Gasteiger partial charge in [-0.05, 0) is 48.9 Å². The number of carbonyl (C=O) groups is 1. The van der Waals surface area contributed by atoms with E-state index < -0.39 is 17.4 Å². The van der Waals surface area contributed by atoms with Crippen LogP contribution in [0.25, 0.3) is 33.9 Å². The fourth-order valence-corrected chi connectivity index (χ4v) is 7.04. The summed E-state index contributed by atoms with van der Waals surface area (Å²) in [6.07, 6.45) is 2.03. The Bertz CT molecular complexity index is 2370. The molecule has 2 aromatic heterocycles. The van der Waals surface area contributed by atoms with Gasteiger partial charge in [-0.15, -0.1) is 0 Å². The van der Waals surface area contributed by atoms with Crippen molar-refractivity contribution in [3.63, 3.8) is 0 Å². The molecule has 0 amide bonds. The average molecular weight is 691 g/mol. The van der Waals surface area contributed by atoms with E-state index in [1.54, 1.807) is 57.1 Å². The van der Waals surface area contributed by atoms with E-state index in [0.717, 1.165) is 27.7 Å². The van der Waals surface area contributed by atoms with E-state index in [-0.39, 0.29) is 25.2 Å². The Labute approximate surface area is 292 Å². The van der Waals surface area contributed by atoms with E-state index in [4.69, 9.17) is 33.4 Å². The summed E-state index contributed by atoms with van der Waals surface area (Å²) >= 11 is 0. The van der Waals surface area contributed by atoms with Gasteiger partial charge in [0, 0.05) is 45.3 Å². The summed E-state index contributed by atoms with van der Waals surface area (Å²) in [4.78, 5) is 29.9. The Hall–Kier alpha value is -5.85. The Balaban J connectivity index is 0.000000147. The van der Waals surface area contributed by atoms with Crippen LogP contribution < -0.4 is 29.2 Å². The molecule has 0 fully saturated rings. The zero-order valence-electron chi connectivity index (χ0n) is 28.3. The molecule has 12 nitrogen and oxygen atoms in total. The number of hydrogen-bond acceptors (Lipinski definition) is 11. The molecule has 2 unspecified atom stereocenters. The van der Waals surface area contributed by atoms with Crippen LogP contribution in [-0.2, 0) is 28.3 Å². The minimum absolute atomic E-state index is 0.0298. The fraction of sp³-hybridized carbons (Fsp3) is 0.256. The summed E-state index contributed by atoms with van der Waals surface area (Å²) < 4.78 is 34.2. The van der Waals surface area contributed by atoms with Gasteiger partial charge in [0.25, 0.3) is 11.3 Å². The number of fused-ring (bicyclic) bond motifs is 9. The minimum Gasteiger partial charge on any atom is -0.497 e. The molecule has 0 saturated carbocycles. The number of esters is 1. The normalized spacial score (nSPS) is 20.3. The fourth-order valence-electron chi connectivity index (χ4n) is 7.04. The van der Waals surface area contributed by atoms with Crippen molar-refractivity contribution in [3.05, 3.63) is 105 Å². The van der Waals surface area contributed by atoms with Gasteiger partial charge in [-0.2, -0.15) is 0 Å². The number of nitrogens with zero attached hydrogens (tertiary/aromatic N) is 2. The predicted octanol–water partition coefficient (Wildman–Crippen LogP) is 4.81. The number of methoxy groups -OCH3 is 3. The van der Waals surface area contributed by atoms with Gasteiger partial charge < -0.3 is 43.2 Å². The molecule has 260 valence electrons. The lowest BCUT2D eigenvalue weighted by Crippen LogP contribution is -2.47. The summed E-state index contributed by atoms with van der Waals surface area (Å²) in [5.41, 5.74) is 3.98. The van der Waals surface area contributed by atoms with E-state index in [9.17, 15) is 19.8 Å². The lowest BCUT2D eigenvalue weighted by Gasteiger charge is -2.39. The molecule has 0 bridgehead atoms. The highest BCUT2D eigenvalue weighted by Crippen LogP contribution is 2.49. The number of para-hydroxylation sites is 1. The van der Waals surface area contributed by atoms with Gasteiger partial charge in [0.15, 0.2) is 23.7 Å². The summed E-state index contributed by atoms with van der Waals surface area (Å²) in [7, 11) is 4.71. The molecule has 12 heteroatoms. The van der Waals surface area contributed by atoms with Crippen molar-refractivity contribution in [1.29, 1.82) is 0 Å². The van der Waals surface area contributed by atoms with Crippen LogP contribution in [0.3, 0.4) is 0 Å². The molecule has 6 heterocycles. The molecule has 0 spiro atoms. The third-order valence-corrected chi connectivity index (χ3v) is 9.84. The highest BCUT2D eigenvalue weighted by molar-refractivity contribution is 5.92. The van der Waals surface area contributed by atoms with Gasteiger partial charge in [0.2, 0.25) is 0 Å². The molecule has 0 radical (unpaired) electrons. The Morgan fingerprint density at radius 2 is 1.69 bits per heavy atom. The van der Waals surface area contributed by atoms with Crippen molar-refractivity contribution in [3.8, 4) is 40.1 Å². The molecule has 5 aromatic rings. The second-order valence-corrected chi connectivity index (χ2v) is 12.6. The van der Waals surface area contributed by atoms with E-state index in [1.165, 1.54) is 0 Å². The molecule has 0 saturated heterocycles. The first-order valence-electron chi connectivity index (χ1n) is 16.4. The number of carbonyl (C=O) groups excluding carboxylic acids is 1. The van der Waals surface area contributed by atoms with Crippen LogP contribution in [0.2, 0.25) is 0 Å². The highest BCUT2D eigenvalue weighted by atomic mass is 16.7. The number of pyridine rings is 2. The van der Waals surface area contributed by atoms with Gasteiger partial charge in [0.05, 0.1) is 50.3 Å². The summed E-state index contributed by atoms with van der Waals surface area (Å²) in [5.74, 6) is 0.632. The summed E-state index contributed by atoms with van der Waals surface area (Å²) in [5, 5.41) is 22.9. The van der Waals surface area contributed by atoms with Crippen LogP contribution in [0.4, 0.5) is 0 Å². The highest BCUT2D eigenvalue weighted by Gasteiger charge is 2.46. The molecule has 4 aliphatic heterocycles. The first-order valence-corrected chi connectivity index (χ1v) is 16.4. The van der Waals surface area contributed by atoms with Crippen molar-refractivity contribution >= 4 is 28.5 Å². The molecule has 2 N–H and O–H groups in total. The smallest absolute Gasteiger partial charge is 0.343 e. The number of benzene rings is 3. The van der Waals surface area contributed by atoms with Crippen LogP contribution >= 0.6 is 0 Å². The summed E-state index contributed by atoms with van der Waals surface area (Å²) in [6, 6.07) is 20.6. The topological polar surface area (TPSA) is 148 Å². The van der Waals surface area contributed by atoms with Crippen LogP contribution in [0.15, 0.2) is 71.5 Å². The van der Waals surface area contributed by atoms with Gasteiger partial charge in [-0.25, -0.2) is 9.78 Å². The van der Waals surface area contributed by atoms with Crippen molar-refractivity contribution in [1.82, 2.24) is 9.55 Å². The quantitative estimate of drug-likeness (QED) is 0.246. The van der Waals surface area contributed by atoms with Gasteiger partial charge in [-0.3, -0.25) is 4.79 Å². The van der Waals surface area contributed by atoms with Crippen LogP contribution in [0.5, 0.6) is 28.7 Å². The number of aromatic nitrogens is 2. The van der Waals surface area contributed by atoms with Gasteiger partial charge >= 0.3 is 5.97 Å². The predicted molar refractivity (Wildman–Crippen MR) is 186 cm³/mol. The van der Waals surface area contributed by atoms with Crippen molar-refractivity contribution in [2.45, 2.75) is 37.9 Å². The van der Waals surface area contributed by atoms with Crippen LogP contribution in [0.1, 0.15) is 41.2 Å². The number of ether oxygens (including phenoxy) is 6. The molecule has 3 aromatic carbocycles. The zero-order chi connectivity index (χ0) is 35.7. The Kier molecular flexibility index (Phi) is 7.54. The third-order valence-electron chi connectivity index (χ3n) is 9.84. The largest absolute Gasteiger partial charge is 0.497 e. The van der Waals surface area contributed by atoms with Crippen molar-refractivity contribution < 1.29 is 43.4 Å². The maximum Gasteiger partial charge on any atom is 0.343 e. The number of aliphatic hydroxyl groups is 2. The van der Waals surface area contributed by atoms with Crippen molar-refractivity contribution in [2.24, 2.45) is 0 Å². The molecular weight excluding hydrogens is 656 g/mol. The first kappa shape index (κ1) is 32.4. The van der Waals surface area contributed by atoms with Crippen LogP contribution in [-0.4, -0.2) is 59.5 Å². The molecule has 9 rings (SSSR count). The summed E-state index contributed by atoms with van der Waals surface area (Å²) in [6.45, 7) is 1.98. The standard InChI is InChI=1S/C20H16N2O4.C19H18O6/c1-2-20(25)14-8-16-17-12(7-11-5-3-4-6-15(11)21-17)9-22(16)18(23)13(14)10-26-19(20)24;1-21-12-5-4-11-6-14-13-8-17(22-2)18(23-3)9-16(13)24-10-19(14,20)25-15(11)7-12/h3-8,25H,2,9-10H2,1H3;4-9,20H,10H2,1-3H3. The maximum atomic E-state index is 13.0. The first-order chi connectivity index (χ1) is 24.6. The molecular formula is C39H34N2O10. The van der Waals surface area contributed by atoms with Crippen LogP contribution in [0, 0.1) is 0 Å². The van der Waals surface area contributed by atoms with Crippen molar-refractivity contribution in [2.75, 3.05) is 27.9 Å². The Morgan fingerprint density at radius 1 is 0.902 bits per heavy atom. The third kappa shape index (κ3) is 5.01. The number of rotatable bonds is 4. The molecule has 51 heavy (non-hydrogen) atoms. The molecule has 4 aliphatic rings. The molecule has 2 atom stereocenters. The zero-order valence-corrected chi connectivity index (χ0v) is 28.3. The average Bonchev–Trinajstić information content (AvgIpc) is 3.51. The van der Waals surface area contributed by atoms with E-state index >= 15 is 0 Å². The Morgan fingerprint density at radius 3 is 2.45 bits per heavy atom. The lowest BCUT2D eigenvalue weighted by atomic mass is 9.86. The minimum atomic E-state index is -1.79. The van der Waals surface area contributed by atoms with E-state index in [2.05, 4.69) is 0 Å². The number of cyclic esters (lactones) is 1. The monoisotopic (exact) mass is 690 g/mol. The van der Waals surface area contributed by atoms with Gasteiger partial charge in [0.1, 0.15) is 23.9 Å².